The van der Waals surface area contributed by atoms with Gasteiger partial charge in [0.05, 0.1) is 11.1 Å². The summed E-state index contributed by atoms with van der Waals surface area (Å²) in [5.41, 5.74) is 3.29. The Morgan fingerprint density at radius 3 is 2.85 bits per heavy atom. The molecule has 104 valence electrons. The Kier molecular flexibility index (Phi) is 3.08. The third-order valence-electron chi connectivity index (χ3n) is 4.00. The Balaban J connectivity index is 2.36. The Bertz CT molecular complexity index is 712. The van der Waals surface area contributed by atoms with Crippen LogP contribution in [0.2, 0.25) is 0 Å². The van der Waals surface area contributed by atoms with Gasteiger partial charge in [0, 0.05) is 30.5 Å². The molecule has 1 aromatic carbocycles. The molecule has 0 radical (unpaired) electrons. The molecule has 0 aliphatic heterocycles. The Morgan fingerprint density at radius 1 is 1.35 bits per heavy atom. The molecule has 0 fully saturated rings. The van der Waals surface area contributed by atoms with Crippen LogP contribution in [0.5, 0.6) is 0 Å². The lowest BCUT2D eigenvalue weighted by Crippen LogP contribution is -2.15. The van der Waals surface area contributed by atoms with Crippen molar-refractivity contribution in [2.45, 2.75) is 39.2 Å². The van der Waals surface area contributed by atoms with Crippen molar-refractivity contribution in [3.63, 3.8) is 0 Å². The number of hydrogen-bond donors (Lipinski definition) is 1. The number of Topliss-reactive ketones (excluding diaryl/α,β-unsaturated/α-hetero) is 1. The van der Waals surface area contributed by atoms with Crippen LogP contribution in [0, 0.1) is 0 Å². The van der Waals surface area contributed by atoms with E-state index in [0.29, 0.717) is 18.4 Å². The lowest BCUT2D eigenvalue weighted by Gasteiger charge is -2.15. The first-order valence-electron chi connectivity index (χ1n) is 7.01. The summed E-state index contributed by atoms with van der Waals surface area (Å²) in [5.74, 6) is -0.664. The highest BCUT2D eigenvalue weighted by Gasteiger charge is 2.25. The second kappa shape index (κ2) is 4.78. The number of aromatic carboxylic acids is 1. The molecule has 4 heteroatoms. The van der Waals surface area contributed by atoms with Crippen LogP contribution < -0.4 is 0 Å². The van der Waals surface area contributed by atoms with Gasteiger partial charge < -0.3 is 9.67 Å². The molecule has 1 heterocycles. The van der Waals surface area contributed by atoms with Crippen LogP contribution in [-0.4, -0.2) is 21.4 Å². The van der Waals surface area contributed by atoms with Gasteiger partial charge in [-0.15, -0.1) is 0 Å². The van der Waals surface area contributed by atoms with Crippen LogP contribution in [0.3, 0.4) is 0 Å². The number of carboxylic acid groups (broad SMARTS) is 1. The van der Waals surface area contributed by atoms with Gasteiger partial charge in [-0.2, -0.15) is 0 Å². The quantitative estimate of drug-likeness (QED) is 0.933. The molecule has 0 saturated carbocycles. The summed E-state index contributed by atoms with van der Waals surface area (Å²) in [4.78, 5) is 23.2. The van der Waals surface area contributed by atoms with Gasteiger partial charge >= 0.3 is 5.97 Å². The van der Waals surface area contributed by atoms with Crippen molar-refractivity contribution >= 4 is 22.7 Å². The first-order valence-corrected chi connectivity index (χ1v) is 7.01. The van der Waals surface area contributed by atoms with Crippen LogP contribution in [0.1, 0.15) is 41.4 Å². The number of rotatable bonds is 3. The Labute approximate surface area is 117 Å². The van der Waals surface area contributed by atoms with E-state index in [0.717, 1.165) is 41.5 Å². The standard InChI is InChI=1S/C16H17NO3/c1-2-8-17-14-7-6-10(18)9-13(14)11-4-3-5-12(15(11)17)16(19)20/h3-5H,2,6-9H2,1H3,(H,19,20). The molecular weight excluding hydrogens is 254 g/mol. The average molecular weight is 271 g/mol. The second-order valence-corrected chi connectivity index (χ2v) is 5.30. The van der Waals surface area contributed by atoms with Gasteiger partial charge in [-0.3, -0.25) is 4.79 Å². The minimum Gasteiger partial charge on any atom is -0.478 e. The van der Waals surface area contributed by atoms with E-state index >= 15 is 0 Å². The van der Waals surface area contributed by atoms with E-state index in [9.17, 15) is 14.7 Å². The number of benzene rings is 1. The summed E-state index contributed by atoms with van der Waals surface area (Å²) >= 11 is 0. The van der Waals surface area contributed by atoms with E-state index in [1.165, 1.54) is 0 Å². The predicted octanol–water partition coefficient (Wildman–Crippen LogP) is 2.81. The van der Waals surface area contributed by atoms with Crippen molar-refractivity contribution < 1.29 is 14.7 Å². The number of aryl methyl sites for hydroxylation is 1. The largest absolute Gasteiger partial charge is 0.478 e. The normalized spacial score (nSPS) is 14.6. The van der Waals surface area contributed by atoms with Crippen molar-refractivity contribution in [3.05, 3.63) is 35.0 Å². The number of carbonyl (C=O) groups is 2. The molecule has 1 aromatic heterocycles. The van der Waals surface area contributed by atoms with Crippen molar-refractivity contribution in [3.8, 4) is 0 Å². The first kappa shape index (κ1) is 12.9. The van der Waals surface area contributed by atoms with Crippen LogP contribution >= 0.6 is 0 Å². The molecule has 0 unspecified atom stereocenters. The van der Waals surface area contributed by atoms with Crippen LogP contribution in [0.25, 0.3) is 10.9 Å². The zero-order chi connectivity index (χ0) is 14.3. The highest BCUT2D eigenvalue weighted by molar-refractivity contribution is 6.05. The smallest absolute Gasteiger partial charge is 0.337 e. The minimum absolute atomic E-state index is 0.244. The van der Waals surface area contributed by atoms with E-state index in [2.05, 4.69) is 11.5 Å². The fourth-order valence-corrected chi connectivity index (χ4v) is 3.20. The van der Waals surface area contributed by atoms with Crippen LogP contribution in [0.4, 0.5) is 0 Å². The monoisotopic (exact) mass is 271 g/mol. The zero-order valence-corrected chi connectivity index (χ0v) is 11.5. The molecule has 1 N–H and O–H groups in total. The van der Waals surface area contributed by atoms with Gasteiger partial charge in [0.15, 0.2) is 0 Å². The Hall–Kier alpha value is -2.10. The first-order chi connectivity index (χ1) is 9.63. The van der Waals surface area contributed by atoms with E-state index in [1.807, 2.05) is 6.07 Å². The molecule has 0 amide bonds. The molecule has 20 heavy (non-hydrogen) atoms. The molecule has 0 bridgehead atoms. The summed E-state index contributed by atoms with van der Waals surface area (Å²) < 4.78 is 2.11. The van der Waals surface area contributed by atoms with E-state index in [-0.39, 0.29) is 5.78 Å². The summed E-state index contributed by atoms with van der Waals surface area (Å²) in [6, 6.07) is 5.34. The number of ketones is 1. The maximum Gasteiger partial charge on any atom is 0.337 e. The third kappa shape index (κ3) is 1.83. The van der Waals surface area contributed by atoms with Gasteiger partial charge in [-0.05, 0) is 24.5 Å². The van der Waals surface area contributed by atoms with Gasteiger partial charge in [0.2, 0.25) is 0 Å². The van der Waals surface area contributed by atoms with Crippen LogP contribution in [0.15, 0.2) is 18.2 Å². The molecule has 0 spiro atoms. The van der Waals surface area contributed by atoms with Crippen molar-refractivity contribution in [2.75, 3.05) is 0 Å². The van der Waals surface area contributed by atoms with Gasteiger partial charge in [0.25, 0.3) is 0 Å². The Morgan fingerprint density at radius 2 is 2.15 bits per heavy atom. The van der Waals surface area contributed by atoms with Crippen molar-refractivity contribution in [1.82, 2.24) is 4.57 Å². The molecule has 0 saturated heterocycles. The molecule has 4 nitrogen and oxygen atoms in total. The maximum atomic E-state index is 11.7. The fourth-order valence-electron chi connectivity index (χ4n) is 3.20. The number of carbonyl (C=O) groups excluding carboxylic acids is 1. The lowest BCUT2D eigenvalue weighted by atomic mass is 9.94. The van der Waals surface area contributed by atoms with E-state index in [4.69, 9.17) is 0 Å². The summed E-state index contributed by atoms with van der Waals surface area (Å²) in [6.45, 7) is 2.87. The van der Waals surface area contributed by atoms with Crippen molar-refractivity contribution in [2.24, 2.45) is 0 Å². The fraction of sp³-hybridized carbons (Fsp3) is 0.375. The SMILES string of the molecule is CCCn1c2c(c3cccc(C(=O)O)c31)CC(=O)CC2. The predicted molar refractivity (Wildman–Crippen MR) is 76.2 cm³/mol. The summed E-state index contributed by atoms with van der Waals surface area (Å²) in [6.07, 6.45) is 2.67. The zero-order valence-electron chi connectivity index (χ0n) is 11.5. The maximum absolute atomic E-state index is 11.7. The molecule has 1 aliphatic rings. The average Bonchev–Trinajstić information content (AvgIpc) is 2.73. The molecular formula is C16H17NO3. The number of hydrogen-bond acceptors (Lipinski definition) is 2. The molecule has 1 aliphatic carbocycles. The highest BCUT2D eigenvalue weighted by Crippen LogP contribution is 2.33. The van der Waals surface area contributed by atoms with E-state index < -0.39 is 5.97 Å². The van der Waals surface area contributed by atoms with Gasteiger partial charge in [-0.25, -0.2) is 4.79 Å². The number of aromatic nitrogens is 1. The second-order valence-electron chi connectivity index (χ2n) is 5.30. The minimum atomic E-state index is -0.908. The summed E-state index contributed by atoms with van der Waals surface area (Å²) in [5, 5.41) is 10.3. The topological polar surface area (TPSA) is 59.3 Å². The molecule has 2 aromatic rings. The summed E-state index contributed by atoms with van der Waals surface area (Å²) in [7, 11) is 0. The molecule has 0 atom stereocenters. The number of nitrogens with zero attached hydrogens (tertiary/aromatic N) is 1. The van der Waals surface area contributed by atoms with Crippen molar-refractivity contribution in [1.29, 1.82) is 0 Å². The lowest BCUT2D eigenvalue weighted by molar-refractivity contribution is -0.118. The van der Waals surface area contributed by atoms with Gasteiger partial charge in [-0.1, -0.05) is 19.1 Å². The number of carboxylic acids is 1. The third-order valence-corrected chi connectivity index (χ3v) is 4.00. The molecule has 3 rings (SSSR count). The number of para-hydroxylation sites is 1. The van der Waals surface area contributed by atoms with Crippen LogP contribution in [-0.2, 0) is 24.2 Å². The number of fused-ring (bicyclic) bond motifs is 3. The van der Waals surface area contributed by atoms with E-state index in [1.54, 1.807) is 12.1 Å². The highest BCUT2D eigenvalue weighted by atomic mass is 16.4. The van der Waals surface area contributed by atoms with Gasteiger partial charge in [0.1, 0.15) is 5.78 Å².